The number of aryl methyl sites for hydroxylation is 1. The van der Waals surface area contributed by atoms with Gasteiger partial charge >= 0.3 is 0 Å². The van der Waals surface area contributed by atoms with E-state index < -0.39 is 0 Å². The number of carbonyl (C=O) groups excluding carboxylic acids is 1. The summed E-state index contributed by atoms with van der Waals surface area (Å²) in [7, 11) is 0. The van der Waals surface area contributed by atoms with E-state index in [-0.39, 0.29) is 5.91 Å². The highest BCUT2D eigenvalue weighted by molar-refractivity contribution is 9.10. The number of anilines is 2. The van der Waals surface area contributed by atoms with Gasteiger partial charge in [-0.3, -0.25) is 4.79 Å². The summed E-state index contributed by atoms with van der Waals surface area (Å²) < 4.78 is 0.909. The highest BCUT2D eigenvalue weighted by Gasteiger charge is 2.08. The Labute approximate surface area is 137 Å². The fraction of sp³-hybridized carbons (Fsp3) is 0.188. The zero-order valence-electron chi connectivity index (χ0n) is 11.9. The number of nitrogen functional groups attached to an aromatic ring is 1. The molecule has 0 heterocycles. The van der Waals surface area contributed by atoms with Crippen molar-refractivity contribution in [2.75, 3.05) is 16.8 Å². The summed E-state index contributed by atoms with van der Waals surface area (Å²) in [6, 6.07) is 11.5. The maximum absolute atomic E-state index is 12.1. The fourth-order valence-electron chi connectivity index (χ4n) is 1.85. The van der Waals surface area contributed by atoms with Gasteiger partial charge in [0.05, 0.1) is 5.75 Å². The van der Waals surface area contributed by atoms with E-state index >= 15 is 0 Å². The standard InChI is InChI=1S/C16H17BrN2OS/c1-10-4-3-5-14(11(10)2)19-16(20)9-21-15-7-6-12(18)8-13(15)17/h3-8H,9,18H2,1-2H3,(H,19,20). The average molecular weight is 365 g/mol. The number of halogens is 1. The smallest absolute Gasteiger partial charge is 0.234 e. The Balaban J connectivity index is 1.97. The molecule has 2 aromatic carbocycles. The molecule has 0 radical (unpaired) electrons. The molecule has 0 bridgehead atoms. The molecule has 21 heavy (non-hydrogen) atoms. The van der Waals surface area contributed by atoms with Crippen molar-refractivity contribution < 1.29 is 4.79 Å². The van der Waals surface area contributed by atoms with E-state index in [1.807, 2.05) is 50.2 Å². The van der Waals surface area contributed by atoms with Crippen LogP contribution in [0.15, 0.2) is 45.8 Å². The fourth-order valence-corrected chi connectivity index (χ4v) is 3.31. The molecule has 0 unspecified atom stereocenters. The van der Waals surface area contributed by atoms with Gasteiger partial charge in [-0.25, -0.2) is 0 Å². The zero-order valence-corrected chi connectivity index (χ0v) is 14.3. The molecule has 0 saturated carbocycles. The highest BCUT2D eigenvalue weighted by atomic mass is 79.9. The molecule has 0 aliphatic rings. The van der Waals surface area contributed by atoms with Gasteiger partial charge in [0.1, 0.15) is 0 Å². The van der Waals surface area contributed by atoms with Crippen LogP contribution in [-0.4, -0.2) is 11.7 Å². The second-order valence-electron chi connectivity index (χ2n) is 4.77. The second kappa shape index (κ2) is 7.00. The summed E-state index contributed by atoms with van der Waals surface area (Å²) in [6.07, 6.45) is 0. The molecule has 0 aliphatic heterocycles. The Kier molecular flexibility index (Phi) is 5.31. The third kappa shape index (κ3) is 4.25. The molecule has 0 fully saturated rings. The lowest BCUT2D eigenvalue weighted by Crippen LogP contribution is -2.15. The molecular formula is C16H17BrN2OS. The molecule has 0 saturated heterocycles. The van der Waals surface area contributed by atoms with Crippen LogP contribution in [0.1, 0.15) is 11.1 Å². The lowest BCUT2D eigenvalue weighted by Gasteiger charge is -2.10. The van der Waals surface area contributed by atoms with Crippen LogP contribution in [0.4, 0.5) is 11.4 Å². The molecule has 0 spiro atoms. The third-order valence-corrected chi connectivity index (χ3v) is 5.19. The van der Waals surface area contributed by atoms with Crippen molar-refractivity contribution in [3.63, 3.8) is 0 Å². The summed E-state index contributed by atoms with van der Waals surface area (Å²) in [5, 5.41) is 2.95. The maximum atomic E-state index is 12.1. The minimum Gasteiger partial charge on any atom is -0.399 e. The molecule has 5 heteroatoms. The van der Waals surface area contributed by atoms with E-state index in [9.17, 15) is 4.79 Å². The maximum Gasteiger partial charge on any atom is 0.234 e. The molecule has 2 rings (SSSR count). The van der Waals surface area contributed by atoms with E-state index in [1.165, 1.54) is 17.3 Å². The number of hydrogen-bond acceptors (Lipinski definition) is 3. The van der Waals surface area contributed by atoms with Crippen LogP contribution in [-0.2, 0) is 4.79 Å². The summed E-state index contributed by atoms with van der Waals surface area (Å²) in [5.74, 6) is 0.341. The minimum atomic E-state index is -0.0163. The van der Waals surface area contributed by atoms with E-state index in [0.29, 0.717) is 11.4 Å². The number of rotatable bonds is 4. The predicted molar refractivity (Wildman–Crippen MR) is 93.8 cm³/mol. The topological polar surface area (TPSA) is 55.1 Å². The molecule has 0 atom stereocenters. The molecular weight excluding hydrogens is 348 g/mol. The first-order chi connectivity index (χ1) is 9.97. The van der Waals surface area contributed by atoms with Crippen molar-refractivity contribution in [3.05, 3.63) is 52.0 Å². The molecule has 3 N–H and O–H groups in total. The van der Waals surface area contributed by atoms with E-state index in [1.54, 1.807) is 0 Å². The SMILES string of the molecule is Cc1cccc(NC(=O)CSc2ccc(N)cc2Br)c1C. The van der Waals surface area contributed by atoms with Gasteiger partial charge in [-0.05, 0) is 65.2 Å². The van der Waals surface area contributed by atoms with Gasteiger partial charge in [-0.15, -0.1) is 11.8 Å². The van der Waals surface area contributed by atoms with Crippen molar-refractivity contribution in [2.24, 2.45) is 0 Å². The minimum absolute atomic E-state index is 0.0163. The first kappa shape index (κ1) is 15.9. The summed E-state index contributed by atoms with van der Waals surface area (Å²) in [6.45, 7) is 4.04. The lowest BCUT2D eigenvalue weighted by molar-refractivity contribution is -0.113. The summed E-state index contributed by atoms with van der Waals surface area (Å²) in [4.78, 5) is 13.1. The number of nitrogens with two attached hydrogens (primary N) is 1. The quantitative estimate of drug-likeness (QED) is 0.625. The van der Waals surface area contributed by atoms with Gasteiger partial charge in [0, 0.05) is 20.7 Å². The molecule has 3 nitrogen and oxygen atoms in total. The monoisotopic (exact) mass is 364 g/mol. The van der Waals surface area contributed by atoms with Gasteiger partial charge < -0.3 is 11.1 Å². The Morgan fingerprint density at radius 1 is 1.29 bits per heavy atom. The Bertz CT molecular complexity index is 673. The first-order valence-corrected chi connectivity index (χ1v) is 8.29. The van der Waals surface area contributed by atoms with Crippen molar-refractivity contribution >= 4 is 45.0 Å². The average Bonchev–Trinajstić information content (AvgIpc) is 2.43. The normalized spacial score (nSPS) is 10.4. The highest BCUT2D eigenvalue weighted by Crippen LogP contribution is 2.29. The number of amides is 1. The Morgan fingerprint density at radius 2 is 2.05 bits per heavy atom. The number of hydrogen-bond donors (Lipinski definition) is 2. The largest absolute Gasteiger partial charge is 0.399 e. The molecule has 1 amide bonds. The lowest BCUT2D eigenvalue weighted by atomic mass is 10.1. The number of benzene rings is 2. The van der Waals surface area contributed by atoms with Gasteiger partial charge in [0.2, 0.25) is 5.91 Å². The van der Waals surface area contributed by atoms with Gasteiger partial charge in [-0.1, -0.05) is 12.1 Å². The van der Waals surface area contributed by atoms with Crippen LogP contribution in [0, 0.1) is 13.8 Å². The van der Waals surface area contributed by atoms with Crippen molar-refractivity contribution in [2.45, 2.75) is 18.7 Å². The molecule has 2 aromatic rings. The first-order valence-electron chi connectivity index (χ1n) is 6.51. The van der Waals surface area contributed by atoms with Gasteiger partial charge in [0.15, 0.2) is 0 Å². The van der Waals surface area contributed by atoms with Crippen LogP contribution in [0.5, 0.6) is 0 Å². The third-order valence-electron chi connectivity index (χ3n) is 3.19. The Morgan fingerprint density at radius 3 is 2.76 bits per heavy atom. The van der Waals surface area contributed by atoms with Crippen molar-refractivity contribution in [1.29, 1.82) is 0 Å². The van der Waals surface area contributed by atoms with Gasteiger partial charge in [0.25, 0.3) is 0 Å². The predicted octanol–water partition coefficient (Wildman–Crippen LogP) is 4.38. The number of nitrogens with one attached hydrogen (secondary N) is 1. The second-order valence-corrected chi connectivity index (χ2v) is 6.65. The van der Waals surface area contributed by atoms with E-state index in [0.717, 1.165) is 20.6 Å². The van der Waals surface area contributed by atoms with E-state index in [4.69, 9.17) is 5.73 Å². The number of thioether (sulfide) groups is 1. The summed E-state index contributed by atoms with van der Waals surface area (Å²) in [5.41, 5.74) is 9.54. The number of carbonyl (C=O) groups is 1. The molecule has 110 valence electrons. The van der Waals surface area contributed by atoms with Crippen LogP contribution < -0.4 is 11.1 Å². The van der Waals surface area contributed by atoms with Crippen LogP contribution in [0.2, 0.25) is 0 Å². The van der Waals surface area contributed by atoms with E-state index in [2.05, 4.69) is 21.2 Å². The van der Waals surface area contributed by atoms with Crippen LogP contribution in [0.3, 0.4) is 0 Å². The van der Waals surface area contributed by atoms with Crippen molar-refractivity contribution in [3.8, 4) is 0 Å². The van der Waals surface area contributed by atoms with Crippen LogP contribution in [0.25, 0.3) is 0 Å². The summed E-state index contributed by atoms with van der Waals surface area (Å²) >= 11 is 4.93. The zero-order chi connectivity index (χ0) is 15.4. The van der Waals surface area contributed by atoms with Crippen LogP contribution >= 0.6 is 27.7 Å². The van der Waals surface area contributed by atoms with Crippen molar-refractivity contribution in [1.82, 2.24) is 0 Å². The molecule has 0 aromatic heterocycles. The molecule has 0 aliphatic carbocycles. The van der Waals surface area contributed by atoms with Gasteiger partial charge in [-0.2, -0.15) is 0 Å². The Hall–Kier alpha value is -1.46.